The fourth-order valence-electron chi connectivity index (χ4n) is 3.01. The van der Waals surface area contributed by atoms with Gasteiger partial charge in [0.1, 0.15) is 0 Å². The van der Waals surface area contributed by atoms with Crippen LogP contribution in [0, 0.1) is 0 Å². The lowest BCUT2D eigenvalue weighted by molar-refractivity contribution is -0.121. The SMILES string of the molecule is O=C(CCc1ccc2[nH]ccc2c1)NCc1nnc2n1CCNC2=O. The molecular weight excluding hydrogens is 320 g/mol. The zero-order valence-corrected chi connectivity index (χ0v) is 13.6. The fourth-order valence-corrected chi connectivity index (χ4v) is 3.01. The fraction of sp³-hybridized carbons (Fsp3) is 0.294. The number of hydrogen-bond acceptors (Lipinski definition) is 4. The van der Waals surface area contributed by atoms with Gasteiger partial charge in [-0.05, 0) is 35.6 Å². The molecule has 0 spiro atoms. The van der Waals surface area contributed by atoms with Gasteiger partial charge in [0.15, 0.2) is 5.82 Å². The van der Waals surface area contributed by atoms with E-state index < -0.39 is 0 Å². The van der Waals surface area contributed by atoms with Crippen LogP contribution in [0.1, 0.15) is 28.4 Å². The summed E-state index contributed by atoms with van der Waals surface area (Å²) in [4.78, 5) is 26.9. The smallest absolute Gasteiger partial charge is 0.289 e. The summed E-state index contributed by atoms with van der Waals surface area (Å²) in [6.07, 6.45) is 2.98. The number of hydrogen-bond donors (Lipinski definition) is 3. The summed E-state index contributed by atoms with van der Waals surface area (Å²) in [7, 11) is 0. The number of carbonyl (C=O) groups excluding carboxylic acids is 2. The average Bonchev–Trinajstić information content (AvgIpc) is 3.25. The second-order valence-corrected chi connectivity index (χ2v) is 6.02. The van der Waals surface area contributed by atoms with Crippen molar-refractivity contribution in [3.63, 3.8) is 0 Å². The number of nitrogens with one attached hydrogen (secondary N) is 3. The van der Waals surface area contributed by atoms with Crippen LogP contribution in [0.5, 0.6) is 0 Å². The molecule has 3 N–H and O–H groups in total. The standard InChI is InChI=1S/C17H18N6O2/c24-15(4-2-11-1-3-13-12(9-11)5-6-18-13)20-10-14-21-22-16-17(25)19-7-8-23(14)16/h1,3,5-6,9,18H,2,4,7-8,10H2,(H,19,25)(H,20,24). The van der Waals surface area contributed by atoms with Gasteiger partial charge in [-0.2, -0.15) is 0 Å². The molecule has 25 heavy (non-hydrogen) atoms. The Bertz CT molecular complexity index is 942. The summed E-state index contributed by atoms with van der Waals surface area (Å²) in [6, 6.07) is 8.16. The third kappa shape index (κ3) is 3.10. The van der Waals surface area contributed by atoms with Crippen molar-refractivity contribution in [1.82, 2.24) is 30.4 Å². The minimum absolute atomic E-state index is 0.0493. The van der Waals surface area contributed by atoms with Gasteiger partial charge in [0.05, 0.1) is 6.54 Å². The van der Waals surface area contributed by atoms with E-state index in [0.717, 1.165) is 16.5 Å². The van der Waals surface area contributed by atoms with Gasteiger partial charge in [0.25, 0.3) is 5.91 Å². The molecule has 1 aromatic carbocycles. The van der Waals surface area contributed by atoms with Crippen LogP contribution in [0.25, 0.3) is 10.9 Å². The Morgan fingerprint density at radius 3 is 3.12 bits per heavy atom. The van der Waals surface area contributed by atoms with E-state index in [1.165, 1.54) is 0 Å². The first-order chi connectivity index (χ1) is 12.2. The van der Waals surface area contributed by atoms with Crippen LogP contribution >= 0.6 is 0 Å². The van der Waals surface area contributed by atoms with Gasteiger partial charge in [0, 0.05) is 31.2 Å². The highest BCUT2D eigenvalue weighted by molar-refractivity contribution is 5.91. The zero-order chi connectivity index (χ0) is 17.2. The monoisotopic (exact) mass is 338 g/mol. The molecule has 0 bridgehead atoms. The lowest BCUT2D eigenvalue weighted by Gasteiger charge is -2.15. The van der Waals surface area contributed by atoms with Crippen molar-refractivity contribution in [3.05, 3.63) is 47.7 Å². The van der Waals surface area contributed by atoms with Crippen molar-refractivity contribution in [2.24, 2.45) is 0 Å². The van der Waals surface area contributed by atoms with Crippen LogP contribution in [0.2, 0.25) is 0 Å². The van der Waals surface area contributed by atoms with Crippen molar-refractivity contribution < 1.29 is 9.59 Å². The summed E-state index contributed by atoms with van der Waals surface area (Å²) in [5, 5.41) is 14.6. The normalized spacial score (nSPS) is 13.5. The molecule has 2 amide bonds. The summed E-state index contributed by atoms with van der Waals surface area (Å²) in [5.74, 6) is 0.630. The Kier molecular flexibility index (Phi) is 3.93. The molecule has 1 aliphatic heterocycles. The van der Waals surface area contributed by atoms with E-state index in [-0.39, 0.29) is 18.4 Å². The van der Waals surface area contributed by atoms with Crippen molar-refractivity contribution in [3.8, 4) is 0 Å². The molecule has 8 nitrogen and oxygen atoms in total. The summed E-state index contributed by atoms with van der Waals surface area (Å²) in [5.41, 5.74) is 2.22. The van der Waals surface area contributed by atoms with E-state index >= 15 is 0 Å². The average molecular weight is 338 g/mol. The highest BCUT2D eigenvalue weighted by Crippen LogP contribution is 2.15. The molecule has 3 aromatic rings. The minimum Gasteiger partial charge on any atom is -0.361 e. The third-order valence-corrected chi connectivity index (χ3v) is 4.35. The van der Waals surface area contributed by atoms with Gasteiger partial charge in [-0.1, -0.05) is 6.07 Å². The van der Waals surface area contributed by atoms with E-state index in [1.807, 2.05) is 24.4 Å². The molecule has 0 radical (unpaired) electrons. The van der Waals surface area contributed by atoms with Gasteiger partial charge < -0.3 is 20.2 Å². The van der Waals surface area contributed by atoms with Crippen molar-refractivity contribution in [2.75, 3.05) is 6.54 Å². The molecule has 128 valence electrons. The first-order valence-electron chi connectivity index (χ1n) is 8.24. The Morgan fingerprint density at radius 2 is 2.20 bits per heavy atom. The molecular formula is C17H18N6O2. The lowest BCUT2D eigenvalue weighted by Crippen LogP contribution is -2.37. The lowest BCUT2D eigenvalue weighted by atomic mass is 10.1. The maximum Gasteiger partial charge on any atom is 0.289 e. The number of rotatable bonds is 5. The number of fused-ring (bicyclic) bond motifs is 2. The van der Waals surface area contributed by atoms with Crippen LogP contribution in [0.15, 0.2) is 30.5 Å². The molecule has 0 unspecified atom stereocenters. The highest BCUT2D eigenvalue weighted by atomic mass is 16.2. The minimum atomic E-state index is -0.225. The van der Waals surface area contributed by atoms with Crippen LogP contribution in [0.4, 0.5) is 0 Å². The zero-order valence-electron chi connectivity index (χ0n) is 13.6. The van der Waals surface area contributed by atoms with E-state index in [1.54, 1.807) is 4.57 Å². The summed E-state index contributed by atoms with van der Waals surface area (Å²) < 4.78 is 1.75. The number of carbonyl (C=O) groups is 2. The first-order valence-corrected chi connectivity index (χ1v) is 8.24. The molecule has 2 aromatic heterocycles. The molecule has 1 aliphatic rings. The predicted molar refractivity (Wildman–Crippen MR) is 90.8 cm³/mol. The Labute approximate surface area is 143 Å². The van der Waals surface area contributed by atoms with Gasteiger partial charge in [-0.15, -0.1) is 10.2 Å². The van der Waals surface area contributed by atoms with E-state index in [0.29, 0.717) is 37.6 Å². The molecule has 8 heteroatoms. The topological polar surface area (TPSA) is 105 Å². The second-order valence-electron chi connectivity index (χ2n) is 6.02. The van der Waals surface area contributed by atoms with Gasteiger partial charge in [-0.25, -0.2) is 0 Å². The molecule has 0 saturated carbocycles. The maximum atomic E-state index is 12.1. The van der Waals surface area contributed by atoms with Crippen molar-refractivity contribution in [1.29, 1.82) is 0 Å². The first kappa shape index (κ1) is 15.4. The number of aromatic nitrogens is 4. The number of H-pyrrole nitrogens is 1. The molecule has 0 aliphatic carbocycles. The van der Waals surface area contributed by atoms with Crippen molar-refractivity contribution in [2.45, 2.75) is 25.9 Å². The quantitative estimate of drug-likeness (QED) is 0.638. The third-order valence-electron chi connectivity index (χ3n) is 4.35. The van der Waals surface area contributed by atoms with Crippen LogP contribution < -0.4 is 10.6 Å². The number of nitrogens with zero attached hydrogens (tertiary/aromatic N) is 3. The number of aryl methyl sites for hydroxylation is 1. The molecule has 0 fully saturated rings. The van der Waals surface area contributed by atoms with Gasteiger partial charge in [-0.3, -0.25) is 9.59 Å². The van der Waals surface area contributed by atoms with Gasteiger partial charge in [0.2, 0.25) is 11.7 Å². The van der Waals surface area contributed by atoms with E-state index in [2.05, 4.69) is 31.9 Å². The number of benzene rings is 1. The van der Waals surface area contributed by atoms with Gasteiger partial charge >= 0.3 is 0 Å². The van der Waals surface area contributed by atoms with E-state index in [9.17, 15) is 9.59 Å². The maximum absolute atomic E-state index is 12.1. The van der Waals surface area contributed by atoms with Crippen LogP contribution in [0.3, 0.4) is 0 Å². The van der Waals surface area contributed by atoms with Crippen LogP contribution in [-0.4, -0.2) is 38.1 Å². The predicted octanol–water partition coefficient (Wildman–Crippen LogP) is 0.752. The largest absolute Gasteiger partial charge is 0.361 e. The van der Waals surface area contributed by atoms with E-state index in [4.69, 9.17) is 0 Å². The highest BCUT2D eigenvalue weighted by Gasteiger charge is 2.22. The molecule has 3 heterocycles. The Hall–Kier alpha value is -3.16. The Morgan fingerprint density at radius 1 is 1.28 bits per heavy atom. The molecule has 0 saturated heterocycles. The molecule has 0 atom stereocenters. The molecule has 4 rings (SSSR count). The second kappa shape index (κ2) is 6.39. The summed E-state index contributed by atoms with van der Waals surface area (Å²) >= 11 is 0. The number of aromatic amines is 1. The van der Waals surface area contributed by atoms with Crippen molar-refractivity contribution >= 4 is 22.7 Å². The summed E-state index contributed by atoms with van der Waals surface area (Å²) in [6.45, 7) is 1.44. The number of amides is 2. The van der Waals surface area contributed by atoms with Crippen LogP contribution in [-0.2, 0) is 24.3 Å². The Balaban J connectivity index is 1.33.